The van der Waals surface area contributed by atoms with Gasteiger partial charge in [-0.15, -0.1) is 0 Å². The summed E-state index contributed by atoms with van der Waals surface area (Å²) in [6.07, 6.45) is 9.40. The third-order valence-electron chi connectivity index (χ3n) is 7.86. The van der Waals surface area contributed by atoms with E-state index in [4.69, 9.17) is 4.79 Å². The minimum absolute atomic E-state index is 0.205. The number of fused-ring (bicyclic) bond motifs is 1. The molecule has 0 saturated carbocycles. The Morgan fingerprint density at radius 2 is 1.72 bits per heavy atom. The molecule has 3 atom stereocenters. The normalized spacial score (nSPS) is 22.3. The van der Waals surface area contributed by atoms with Gasteiger partial charge in [-0.25, -0.2) is 5.43 Å². The fraction of sp³-hybridized carbons (Fsp3) is 0.515. The number of rotatable bonds is 8. The summed E-state index contributed by atoms with van der Waals surface area (Å²) in [5, 5.41) is 2.42. The fourth-order valence-corrected chi connectivity index (χ4v) is 5.97. The van der Waals surface area contributed by atoms with Crippen molar-refractivity contribution < 1.29 is 9.59 Å². The van der Waals surface area contributed by atoms with Crippen molar-refractivity contribution in [3.8, 4) is 0 Å². The summed E-state index contributed by atoms with van der Waals surface area (Å²) in [5.41, 5.74) is 8.95. The number of aryl methyl sites for hydroxylation is 1. The highest BCUT2D eigenvalue weighted by atomic mass is 16.2. The van der Waals surface area contributed by atoms with E-state index in [1.54, 1.807) is 0 Å². The van der Waals surface area contributed by atoms with Crippen LogP contribution in [0.2, 0.25) is 0 Å². The first-order chi connectivity index (χ1) is 19.1. The van der Waals surface area contributed by atoms with Crippen LogP contribution >= 0.6 is 0 Å². The summed E-state index contributed by atoms with van der Waals surface area (Å²) in [5.74, 6) is 0.277. The summed E-state index contributed by atoms with van der Waals surface area (Å²) < 4.78 is 0. The van der Waals surface area contributed by atoms with Gasteiger partial charge in [-0.05, 0) is 43.4 Å². The molecule has 39 heavy (non-hydrogen) atoms. The Hall–Kier alpha value is -2.96. The number of amides is 1. The Kier molecular flexibility index (Phi) is 12.2. The molecule has 0 aliphatic carbocycles. The molecular formula is C33H48N4O2. The zero-order valence-electron chi connectivity index (χ0n) is 24.4. The van der Waals surface area contributed by atoms with E-state index in [-0.39, 0.29) is 18.0 Å². The quantitative estimate of drug-likeness (QED) is 0.410. The third-order valence-corrected chi connectivity index (χ3v) is 7.86. The first-order valence-electron chi connectivity index (χ1n) is 14.8. The van der Waals surface area contributed by atoms with E-state index < -0.39 is 0 Å². The second-order valence-electron chi connectivity index (χ2n) is 10.5. The number of benzene rings is 2. The van der Waals surface area contributed by atoms with E-state index in [0.29, 0.717) is 12.6 Å². The Balaban J connectivity index is 0.00000100. The maximum Gasteiger partial charge on any atom is 0.237 e. The highest BCUT2D eigenvalue weighted by Gasteiger charge is 2.37. The van der Waals surface area contributed by atoms with Gasteiger partial charge in [0.05, 0.1) is 24.7 Å². The molecule has 0 radical (unpaired) electrons. The van der Waals surface area contributed by atoms with Crippen molar-refractivity contribution >= 4 is 12.7 Å². The van der Waals surface area contributed by atoms with Crippen LogP contribution in [0.3, 0.4) is 0 Å². The van der Waals surface area contributed by atoms with Crippen molar-refractivity contribution in [1.82, 2.24) is 20.2 Å². The number of carbonyl (C=O) groups excluding carboxylic acids is 2. The van der Waals surface area contributed by atoms with Crippen molar-refractivity contribution in [2.24, 2.45) is 0 Å². The number of hydrazine groups is 1. The molecule has 2 aromatic carbocycles. The van der Waals surface area contributed by atoms with E-state index in [2.05, 4.69) is 94.8 Å². The van der Waals surface area contributed by atoms with E-state index >= 15 is 0 Å². The average molecular weight is 533 g/mol. The lowest BCUT2D eigenvalue weighted by molar-refractivity contribution is -0.134. The number of piperazine rings is 1. The molecule has 3 heterocycles. The Bertz CT molecular complexity index is 1040. The standard InChI is InChI=1S/C30H40N4O.C2H6.CH2O/c1-3-4-6-12-26-20-32(21-27-19-28(31-34(26)27)24-16-14-23(2)15-17-24)22-30(35)33-18-9-13-29(33)25-10-7-5-8-11-25;2*1-2/h5,7-8,10-11,14-17,19,26,28-29,31H,3-4,6,9,12-13,18,20-22H2,1-2H3;1-2H3;1H2. The first kappa shape index (κ1) is 30.6. The molecule has 6 heteroatoms. The molecule has 2 saturated heterocycles. The molecule has 3 unspecified atom stereocenters. The number of nitrogens with zero attached hydrogens (tertiary/aromatic N) is 3. The van der Waals surface area contributed by atoms with Crippen LogP contribution in [-0.2, 0) is 9.59 Å². The van der Waals surface area contributed by atoms with Gasteiger partial charge in [-0.1, -0.05) is 100 Å². The summed E-state index contributed by atoms with van der Waals surface area (Å²) in [6.45, 7) is 13.5. The average Bonchev–Trinajstić information content (AvgIpc) is 3.64. The Morgan fingerprint density at radius 3 is 2.41 bits per heavy atom. The zero-order valence-corrected chi connectivity index (χ0v) is 24.4. The predicted octanol–water partition coefficient (Wildman–Crippen LogP) is 6.21. The summed E-state index contributed by atoms with van der Waals surface area (Å²) in [7, 11) is 0. The summed E-state index contributed by atoms with van der Waals surface area (Å²) in [6, 6.07) is 20.2. The van der Waals surface area contributed by atoms with E-state index in [9.17, 15) is 4.79 Å². The smallest absolute Gasteiger partial charge is 0.237 e. The van der Waals surface area contributed by atoms with Crippen molar-refractivity contribution in [3.05, 3.63) is 83.1 Å². The lowest BCUT2D eigenvalue weighted by Gasteiger charge is -2.42. The topological polar surface area (TPSA) is 55.9 Å². The molecule has 3 aliphatic heterocycles. The third kappa shape index (κ3) is 7.80. The molecule has 6 nitrogen and oxygen atoms in total. The zero-order chi connectivity index (χ0) is 28.2. The number of hydrogen-bond donors (Lipinski definition) is 1. The van der Waals surface area contributed by atoms with Crippen molar-refractivity contribution in [3.63, 3.8) is 0 Å². The Morgan fingerprint density at radius 1 is 1.00 bits per heavy atom. The van der Waals surface area contributed by atoms with Crippen LogP contribution in [0.5, 0.6) is 0 Å². The van der Waals surface area contributed by atoms with Gasteiger partial charge in [0.2, 0.25) is 5.91 Å². The van der Waals surface area contributed by atoms with Crippen molar-refractivity contribution in [1.29, 1.82) is 0 Å². The van der Waals surface area contributed by atoms with Crippen LogP contribution in [0, 0.1) is 6.92 Å². The molecule has 0 bridgehead atoms. The molecule has 1 amide bonds. The SMILES string of the molecule is C=O.CC.CCCCCC1CN(CC(=O)N2CCCC2c2ccccc2)CC2=CC(c3ccc(C)cc3)NN21. The maximum absolute atomic E-state index is 13.5. The van der Waals surface area contributed by atoms with Gasteiger partial charge in [0, 0.05) is 25.3 Å². The molecule has 0 aromatic heterocycles. The summed E-state index contributed by atoms with van der Waals surface area (Å²) in [4.78, 5) is 26.0. The molecular weight excluding hydrogens is 484 g/mol. The van der Waals surface area contributed by atoms with Gasteiger partial charge in [-0.2, -0.15) is 0 Å². The monoisotopic (exact) mass is 532 g/mol. The lowest BCUT2D eigenvalue weighted by Crippen LogP contribution is -2.56. The van der Waals surface area contributed by atoms with Crippen molar-refractivity contribution in [2.75, 3.05) is 26.2 Å². The Labute approximate surface area is 236 Å². The molecule has 1 N–H and O–H groups in total. The molecule has 0 spiro atoms. The van der Waals surface area contributed by atoms with E-state index in [0.717, 1.165) is 38.9 Å². The molecule has 2 aromatic rings. The van der Waals surface area contributed by atoms with E-state index in [1.807, 2.05) is 20.6 Å². The van der Waals surface area contributed by atoms with Crippen molar-refractivity contribution in [2.45, 2.75) is 84.3 Å². The number of carbonyl (C=O) groups is 2. The van der Waals surface area contributed by atoms with Gasteiger partial charge in [0.25, 0.3) is 0 Å². The molecule has 3 aliphatic rings. The highest BCUT2D eigenvalue weighted by molar-refractivity contribution is 5.79. The molecule has 2 fully saturated rings. The number of unbranched alkanes of at least 4 members (excludes halogenated alkanes) is 2. The van der Waals surface area contributed by atoms with Gasteiger partial charge in [0.15, 0.2) is 0 Å². The van der Waals surface area contributed by atoms with Gasteiger partial charge in [0.1, 0.15) is 6.79 Å². The van der Waals surface area contributed by atoms with Crippen LogP contribution in [0.15, 0.2) is 66.4 Å². The van der Waals surface area contributed by atoms with Crippen LogP contribution < -0.4 is 5.43 Å². The van der Waals surface area contributed by atoms with Crippen LogP contribution in [0.4, 0.5) is 0 Å². The fourth-order valence-electron chi connectivity index (χ4n) is 5.97. The molecule has 5 rings (SSSR count). The second-order valence-corrected chi connectivity index (χ2v) is 10.5. The maximum atomic E-state index is 13.5. The van der Waals surface area contributed by atoms with Gasteiger partial charge in [-0.3, -0.25) is 9.69 Å². The number of hydrogen-bond acceptors (Lipinski definition) is 5. The molecule has 212 valence electrons. The van der Waals surface area contributed by atoms with Crippen LogP contribution in [-0.4, -0.2) is 59.7 Å². The number of likely N-dealkylation sites (tertiary alicyclic amines) is 1. The summed E-state index contributed by atoms with van der Waals surface area (Å²) >= 11 is 0. The minimum atomic E-state index is 0.205. The van der Waals surface area contributed by atoms with Crippen LogP contribution in [0.25, 0.3) is 0 Å². The van der Waals surface area contributed by atoms with Crippen LogP contribution in [0.1, 0.15) is 88.1 Å². The first-order valence-corrected chi connectivity index (χ1v) is 14.8. The highest BCUT2D eigenvalue weighted by Crippen LogP contribution is 2.34. The largest absolute Gasteiger partial charge is 0.335 e. The van der Waals surface area contributed by atoms with Gasteiger partial charge < -0.3 is 14.7 Å². The number of nitrogens with one attached hydrogen (secondary N) is 1. The lowest BCUT2D eigenvalue weighted by atomic mass is 10.0. The van der Waals surface area contributed by atoms with Gasteiger partial charge >= 0.3 is 0 Å². The minimum Gasteiger partial charge on any atom is -0.335 e. The van der Waals surface area contributed by atoms with E-state index in [1.165, 1.54) is 41.6 Å². The predicted molar refractivity (Wildman–Crippen MR) is 160 cm³/mol. The second kappa shape index (κ2) is 15.6.